The topological polar surface area (TPSA) is 9.23 Å². The molecule has 0 amide bonds. The summed E-state index contributed by atoms with van der Waals surface area (Å²) in [5.74, 6) is 0.736. The monoisotopic (exact) mass is 154 g/mol. The molecule has 0 aromatic carbocycles. The minimum absolute atomic E-state index is 0.736. The van der Waals surface area contributed by atoms with Gasteiger partial charge in [0.25, 0.3) is 0 Å². The minimum Gasteiger partial charge on any atom is -0.497 e. The molecule has 0 N–H and O–H groups in total. The van der Waals surface area contributed by atoms with Crippen molar-refractivity contribution >= 4 is 0 Å². The summed E-state index contributed by atoms with van der Waals surface area (Å²) in [7, 11) is 1.59. The zero-order valence-electron chi connectivity index (χ0n) is 7.76. The van der Waals surface area contributed by atoms with Gasteiger partial charge in [-0.05, 0) is 12.2 Å². The predicted molar refractivity (Wildman–Crippen MR) is 51.5 cm³/mol. The molecule has 0 aliphatic heterocycles. The van der Waals surface area contributed by atoms with Crippen molar-refractivity contribution < 1.29 is 4.74 Å². The van der Waals surface area contributed by atoms with Crippen LogP contribution in [0.25, 0.3) is 0 Å². The van der Waals surface area contributed by atoms with E-state index in [1.54, 1.807) is 25.3 Å². The largest absolute Gasteiger partial charge is 0.497 e. The smallest absolute Gasteiger partial charge is 0.118 e. The van der Waals surface area contributed by atoms with Crippen molar-refractivity contribution in [3.05, 3.63) is 37.1 Å². The molecule has 0 rings (SSSR count). The molecular weight excluding hydrogens is 136 g/mol. The summed E-state index contributed by atoms with van der Waals surface area (Å²) in [6.07, 6.45) is 6.27. The van der Waals surface area contributed by atoms with E-state index in [1.807, 2.05) is 0 Å². The van der Waals surface area contributed by atoms with Crippen LogP contribution in [0.4, 0.5) is 0 Å². The van der Waals surface area contributed by atoms with Gasteiger partial charge >= 0.3 is 0 Å². The van der Waals surface area contributed by atoms with E-state index in [1.165, 1.54) is 6.42 Å². The normalized spacial score (nSPS) is 9.18. The van der Waals surface area contributed by atoms with Crippen molar-refractivity contribution in [1.29, 1.82) is 0 Å². The molecule has 0 aliphatic rings. The number of hydrogen-bond acceptors (Lipinski definition) is 1. The third kappa shape index (κ3) is 12.3. The SMILES string of the molecule is C=C/C=C(\C=C)OC.CCC. The quantitative estimate of drug-likeness (QED) is 0.447. The average molecular weight is 154 g/mol. The first-order valence-electron chi connectivity index (χ1n) is 3.75. The van der Waals surface area contributed by atoms with E-state index < -0.39 is 0 Å². The van der Waals surface area contributed by atoms with Crippen LogP contribution in [-0.2, 0) is 4.74 Å². The summed E-state index contributed by atoms with van der Waals surface area (Å²) in [4.78, 5) is 0. The van der Waals surface area contributed by atoms with Crippen LogP contribution in [0.2, 0.25) is 0 Å². The summed E-state index contributed by atoms with van der Waals surface area (Å²) in [5, 5.41) is 0. The van der Waals surface area contributed by atoms with Crippen LogP contribution in [0.1, 0.15) is 20.3 Å². The number of ether oxygens (including phenoxy) is 1. The summed E-state index contributed by atoms with van der Waals surface area (Å²) in [6.45, 7) is 11.3. The molecule has 0 atom stereocenters. The molecular formula is C10H18O. The number of allylic oxidation sites excluding steroid dienone is 3. The van der Waals surface area contributed by atoms with Crippen LogP contribution in [0.15, 0.2) is 37.1 Å². The highest BCUT2D eigenvalue weighted by Gasteiger charge is 1.79. The fourth-order valence-corrected chi connectivity index (χ4v) is 0.336. The average Bonchev–Trinajstić information content (AvgIpc) is 2.02. The van der Waals surface area contributed by atoms with Gasteiger partial charge in [-0.3, -0.25) is 0 Å². The Kier molecular flexibility index (Phi) is 13.6. The molecule has 1 heteroatoms. The number of rotatable bonds is 3. The van der Waals surface area contributed by atoms with E-state index in [9.17, 15) is 0 Å². The Hall–Kier alpha value is -0.980. The van der Waals surface area contributed by atoms with Crippen molar-refractivity contribution in [1.82, 2.24) is 0 Å². The highest BCUT2D eigenvalue weighted by molar-refractivity contribution is 5.14. The lowest BCUT2D eigenvalue weighted by Crippen LogP contribution is -1.77. The van der Waals surface area contributed by atoms with Gasteiger partial charge in [0.2, 0.25) is 0 Å². The lowest BCUT2D eigenvalue weighted by atomic mass is 10.4. The molecule has 0 unspecified atom stereocenters. The van der Waals surface area contributed by atoms with Gasteiger partial charge in [0, 0.05) is 0 Å². The third-order valence-electron chi connectivity index (χ3n) is 0.719. The highest BCUT2D eigenvalue weighted by Crippen LogP contribution is 1.93. The van der Waals surface area contributed by atoms with Crippen molar-refractivity contribution in [3.63, 3.8) is 0 Å². The molecule has 0 saturated heterocycles. The van der Waals surface area contributed by atoms with Crippen LogP contribution in [0, 0.1) is 0 Å². The van der Waals surface area contributed by atoms with E-state index in [4.69, 9.17) is 4.74 Å². The molecule has 0 aromatic rings. The van der Waals surface area contributed by atoms with Crippen molar-refractivity contribution in [2.24, 2.45) is 0 Å². The summed E-state index contributed by atoms with van der Waals surface area (Å²) in [6, 6.07) is 0. The van der Waals surface area contributed by atoms with Crippen molar-refractivity contribution in [3.8, 4) is 0 Å². The first-order chi connectivity index (χ1) is 5.26. The predicted octanol–water partition coefficient (Wildman–Crippen LogP) is 3.31. The van der Waals surface area contributed by atoms with Crippen LogP contribution >= 0.6 is 0 Å². The Morgan fingerprint density at radius 2 is 1.82 bits per heavy atom. The molecule has 1 nitrogen and oxygen atoms in total. The van der Waals surface area contributed by atoms with E-state index in [0.29, 0.717) is 0 Å². The van der Waals surface area contributed by atoms with Gasteiger partial charge in [-0.2, -0.15) is 0 Å². The maximum absolute atomic E-state index is 4.81. The van der Waals surface area contributed by atoms with Crippen molar-refractivity contribution in [2.45, 2.75) is 20.3 Å². The maximum Gasteiger partial charge on any atom is 0.118 e. The van der Waals surface area contributed by atoms with Crippen LogP contribution in [0.3, 0.4) is 0 Å². The Morgan fingerprint density at radius 3 is 1.91 bits per heavy atom. The molecule has 0 bridgehead atoms. The van der Waals surface area contributed by atoms with Gasteiger partial charge in [0.15, 0.2) is 0 Å². The molecule has 0 heterocycles. The minimum atomic E-state index is 0.736. The molecule has 0 fully saturated rings. The summed E-state index contributed by atoms with van der Waals surface area (Å²) in [5.41, 5.74) is 0. The van der Waals surface area contributed by atoms with Gasteiger partial charge in [0.1, 0.15) is 5.76 Å². The molecule has 0 saturated carbocycles. The lowest BCUT2D eigenvalue weighted by Gasteiger charge is -1.94. The molecule has 64 valence electrons. The Morgan fingerprint density at radius 1 is 1.36 bits per heavy atom. The van der Waals surface area contributed by atoms with Crippen molar-refractivity contribution in [2.75, 3.05) is 7.11 Å². The van der Waals surface area contributed by atoms with Gasteiger partial charge in [0.05, 0.1) is 7.11 Å². The first kappa shape index (κ1) is 12.7. The van der Waals surface area contributed by atoms with E-state index in [0.717, 1.165) is 5.76 Å². The van der Waals surface area contributed by atoms with Gasteiger partial charge in [-0.1, -0.05) is 39.5 Å². The van der Waals surface area contributed by atoms with E-state index in [-0.39, 0.29) is 0 Å². The fraction of sp³-hybridized carbons (Fsp3) is 0.400. The maximum atomic E-state index is 4.81. The van der Waals surface area contributed by atoms with Crippen LogP contribution < -0.4 is 0 Å². The number of methoxy groups -OCH3 is 1. The molecule has 0 spiro atoms. The van der Waals surface area contributed by atoms with Crippen LogP contribution in [-0.4, -0.2) is 7.11 Å². The van der Waals surface area contributed by atoms with E-state index in [2.05, 4.69) is 27.0 Å². The summed E-state index contributed by atoms with van der Waals surface area (Å²) < 4.78 is 4.81. The standard InChI is InChI=1S/C7H10O.C3H8/c1-4-6-7(5-2)8-3;1-3-2/h4-6H,1-2H2,3H3;3H2,1-2H3/b7-6+;. The first-order valence-corrected chi connectivity index (χ1v) is 3.75. The Bertz CT molecular complexity index is 123. The molecule has 0 radical (unpaired) electrons. The summed E-state index contributed by atoms with van der Waals surface area (Å²) >= 11 is 0. The fourth-order valence-electron chi connectivity index (χ4n) is 0.336. The second-order valence-corrected chi connectivity index (χ2v) is 1.92. The zero-order chi connectivity index (χ0) is 9.11. The highest BCUT2D eigenvalue weighted by atomic mass is 16.5. The van der Waals surface area contributed by atoms with Gasteiger partial charge < -0.3 is 4.74 Å². The zero-order valence-corrected chi connectivity index (χ0v) is 7.76. The Labute approximate surface area is 70.1 Å². The molecule has 0 aliphatic carbocycles. The van der Waals surface area contributed by atoms with E-state index >= 15 is 0 Å². The van der Waals surface area contributed by atoms with Gasteiger partial charge in [-0.25, -0.2) is 0 Å². The van der Waals surface area contributed by atoms with Gasteiger partial charge in [-0.15, -0.1) is 0 Å². The third-order valence-corrected chi connectivity index (χ3v) is 0.719. The molecule has 0 aromatic heterocycles. The second-order valence-electron chi connectivity index (χ2n) is 1.92. The van der Waals surface area contributed by atoms with Crippen LogP contribution in [0.5, 0.6) is 0 Å². The molecule has 11 heavy (non-hydrogen) atoms. The Balaban J connectivity index is 0. The lowest BCUT2D eigenvalue weighted by molar-refractivity contribution is 0.307. The second kappa shape index (κ2) is 11.8. The number of hydrogen-bond donors (Lipinski definition) is 0.